The summed E-state index contributed by atoms with van der Waals surface area (Å²) in [7, 11) is 0. The molecule has 0 saturated heterocycles. The van der Waals surface area contributed by atoms with Crippen LogP contribution in [-0.4, -0.2) is 19.3 Å². The first-order valence-electron chi connectivity index (χ1n) is 4.04. The minimum absolute atomic E-state index is 0.355. The van der Waals surface area contributed by atoms with Crippen LogP contribution in [0.4, 0.5) is 0 Å². The molecule has 0 aromatic carbocycles. The van der Waals surface area contributed by atoms with Crippen molar-refractivity contribution in [3.8, 4) is 0 Å². The molecule has 2 heteroatoms. The normalized spacial score (nSPS) is 16.8. The van der Waals surface area contributed by atoms with E-state index in [1.165, 1.54) is 0 Å². The molecule has 2 nitrogen and oxygen atoms in total. The van der Waals surface area contributed by atoms with Crippen LogP contribution in [0.1, 0.15) is 27.2 Å². The van der Waals surface area contributed by atoms with Gasteiger partial charge in [0.05, 0.1) is 6.10 Å². The smallest absolute Gasteiger partial charge is 0.0572 e. The van der Waals surface area contributed by atoms with Gasteiger partial charge in [0.1, 0.15) is 0 Å². The molecule has 0 aliphatic carbocycles. The molecule has 10 heavy (non-hydrogen) atoms. The lowest BCUT2D eigenvalue weighted by Gasteiger charge is -2.18. The standard InChI is InChI=1S/C8H19NO/c1-4-10-8(3)7(2)5-6-9/h7-8H,4-6,9H2,1-3H3. The third kappa shape index (κ3) is 3.85. The summed E-state index contributed by atoms with van der Waals surface area (Å²) in [4.78, 5) is 0. The molecule has 0 aliphatic heterocycles. The lowest BCUT2D eigenvalue weighted by molar-refractivity contribution is 0.0369. The van der Waals surface area contributed by atoms with Gasteiger partial charge in [-0.1, -0.05) is 6.92 Å². The van der Waals surface area contributed by atoms with Gasteiger partial charge in [-0.3, -0.25) is 0 Å². The molecule has 0 rings (SSSR count). The van der Waals surface area contributed by atoms with Crippen LogP contribution in [0.3, 0.4) is 0 Å². The van der Waals surface area contributed by atoms with E-state index in [4.69, 9.17) is 10.5 Å². The summed E-state index contributed by atoms with van der Waals surface area (Å²) >= 11 is 0. The average molecular weight is 145 g/mol. The van der Waals surface area contributed by atoms with Crippen LogP contribution < -0.4 is 5.73 Å². The summed E-state index contributed by atoms with van der Waals surface area (Å²) in [6, 6.07) is 0. The average Bonchev–Trinajstić information content (AvgIpc) is 1.89. The van der Waals surface area contributed by atoms with Crippen LogP contribution in [0.15, 0.2) is 0 Å². The molecular weight excluding hydrogens is 126 g/mol. The van der Waals surface area contributed by atoms with Crippen LogP contribution in [0.5, 0.6) is 0 Å². The fourth-order valence-corrected chi connectivity index (χ4v) is 0.925. The van der Waals surface area contributed by atoms with Crippen molar-refractivity contribution in [1.82, 2.24) is 0 Å². The van der Waals surface area contributed by atoms with Crippen LogP contribution in [0, 0.1) is 5.92 Å². The van der Waals surface area contributed by atoms with Gasteiger partial charge in [0, 0.05) is 6.61 Å². The van der Waals surface area contributed by atoms with Crippen molar-refractivity contribution < 1.29 is 4.74 Å². The topological polar surface area (TPSA) is 35.2 Å². The van der Waals surface area contributed by atoms with Crippen molar-refractivity contribution in [2.24, 2.45) is 11.7 Å². The number of rotatable bonds is 5. The van der Waals surface area contributed by atoms with Gasteiger partial charge < -0.3 is 10.5 Å². The summed E-state index contributed by atoms with van der Waals surface area (Å²) in [6.07, 6.45) is 1.41. The van der Waals surface area contributed by atoms with Crippen molar-refractivity contribution in [3.63, 3.8) is 0 Å². The fraction of sp³-hybridized carbons (Fsp3) is 1.00. The highest BCUT2D eigenvalue weighted by Crippen LogP contribution is 2.09. The monoisotopic (exact) mass is 145 g/mol. The lowest BCUT2D eigenvalue weighted by Crippen LogP contribution is -2.20. The van der Waals surface area contributed by atoms with E-state index in [0.717, 1.165) is 19.6 Å². The number of hydrogen-bond acceptors (Lipinski definition) is 2. The van der Waals surface area contributed by atoms with E-state index in [1.54, 1.807) is 0 Å². The Hall–Kier alpha value is -0.0800. The second-order valence-electron chi connectivity index (χ2n) is 2.72. The van der Waals surface area contributed by atoms with Crippen LogP contribution >= 0.6 is 0 Å². The summed E-state index contributed by atoms with van der Waals surface area (Å²) in [5.74, 6) is 0.588. The first-order chi connectivity index (χ1) is 4.72. The third-order valence-corrected chi connectivity index (χ3v) is 1.85. The van der Waals surface area contributed by atoms with Gasteiger partial charge in [-0.05, 0) is 32.7 Å². The zero-order valence-corrected chi connectivity index (χ0v) is 7.26. The van der Waals surface area contributed by atoms with E-state index >= 15 is 0 Å². The van der Waals surface area contributed by atoms with Crippen LogP contribution in [-0.2, 0) is 4.74 Å². The third-order valence-electron chi connectivity index (χ3n) is 1.85. The summed E-state index contributed by atoms with van der Waals surface area (Å²) in [6.45, 7) is 7.86. The summed E-state index contributed by atoms with van der Waals surface area (Å²) in [5, 5.41) is 0. The Morgan fingerprint density at radius 1 is 1.40 bits per heavy atom. The molecule has 0 aliphatic rings. The molecule has 62 valence electrons. The van der Waals surface area contributed by atoms with Crippen molar-refractivity contribution >= 4 is 0 Å². The van der Waals surface area contributed by atoms with E-state index in [9.17, 15) is 0 Å². The summed E-state index contributed by atoms with van der Waals surface area (Å²) in [5.41, 5.74) is 5.41. The minimum atomic E-state index is 0.355. The first-order valence-corrected chi connectivity index (χ1v) is 4.04. The SMILES string of the molecule is CCOC(C)C(C)CCN. The van der Waals surface area contributed by atoms with Gasteiger partial charge in [0.25, 0.3) is 0 Å². The van der Waals surface area contributed by atoms with E-state index in [0.29, 0.717) is 12.0 Å². The lowest BCUT2D eigenvalue weighted by atomic mass is 10.0. The zero-order valence-electron chi connectivity index (χ0n) is 7.26. The number of ether oxygens (including phenoxy) is 1. The Bertz CT molecular complexity index is 65.7. The second kappa shape index (κ2) is 5.69. The largest absolute Gasteiger partial charge is 0.379 e. The van der Waals surface area contributed by atoms with Gasteiger partial charge in [-0.25, -0.2) is 0 Å². The Balaban J connectivity index is 3.38. The van der Waals surface area contributed by atoms with Gasteiger partial charge in [0.15, 0.2) is 0 Å². The van der Waals surface area contributed by atoms with Crippen LogP contribution in [0.2, 0.25) is 0 Å². The molecular formula is C8H19NO. The maximum Gasteiger partial charge on any atom is 0.0572 e. The fourth-order valence-electron chi connectivity index (χ4n) is 0.925. The predicted octanol–water partition coefficient (Wildman–Crippen LogP) is 1.40. The predicted molar refractivity (Wildman–Crippen MR) is 43.9 cm³/mol. The molecule has 0 saturated carbocycles. The molecule has 0 aromatic rings. The van der Waals surface area contributed by atoms with Gasteiger partial charge in [-0.15, -0.1) is 0 Å². The maximum absolute atomic E-state index is 5.41. The molecule has 0 heterocycles. The zero-order chi connectivity index (χ0) is 7.98. The van der Waals surface area contributed by atoms with Crippen molar-refractivity contribution in [1.29, 1.82) is 0 Å². The highest BCUT2D eigenvalue weighted by molar-refractivity contribution is 4.60. The van der Waals surface area contributed by atoms with Gasteiger partial charge in [0.2, 0.25) is 0 Å². The molecule has 0 fully saturated rings. The number of hydrogen-bond donors (Lipinski definition) is 1. The minimum Gasteiger partial charge on any atom is -0.379 e. The molecule has 0 radical (unpaired) electrons. The highest BCUT2D eigenvalue weighted by atomic mass is 16.5. The molecule has 0 bridgehead atoms. The van der Waals surface area contributed by atoms with Crippen molar-refractivity contribution in [2.45, 2.75) is 33.3 Å². The van der Waals surface area contributed by atoms with Crippen molar-refractivity contribution in [3.05, 3.63) is 0 Å². The van der Waals surface area contributed by atoms with Gasteiger partial charge >= 0.3 is 0 Å². The van der Waals surface area contributed by atoms with E-state index < -0.39 is 0 Å². The van der Waals surface area contributed by atoms with E-state index in [2.05, 4.69) is 13.8 Å². The Kier molecular flexibility index (Phi) is 5.64. The molecule has 2 N–H and O–H groups in total. The van der Waals surface area contributed by atoms with Crippen LogP contribution in [0.25, 0.3) is 0 Å². The Morgan fingerprint density at radius 3 is 2.40 bits per heavy atom. The van der Waals surface area contributed by atoms with E-state index in [1.807, 2.05) is 6.92 Å². The number of nitrogens with two attached hydrogens (primary N) is 1. The molecule has 2 unspecified atom stereocenters. The Morgan fingerprint density at radius 2 is 2.00 bits per heavy atom. The van der Waals surface area contributed by atoms with Crippen molar-refractivity contribution in [2.75, 3.05) is 13.2 Å². The molecule has 0 amide bonds. The maximum atomic E-state index is 5.41. The highest BCUT2D eigenvalue weighted by Gasteiger charge is 2.09. The first kappa shape index (κ1) is 9.92. The Labute approximate surface area is 63.7 Å². The molecule has 0 aromatic heterocycles. The quantitative estimate of drug-likeness (QED) is 0.634. The second-order valence-corrected chi connectivity index (χ2v) is 2.72. The molecule has 2 atom stereocenters. The van der Waals surface area contributed by atoms with E-state index in [-0.39, 0.29) is 0 Å². The van der Waals surface area contributed by atoms with Gasteiger partial charge in [-0.2, -0.15) is 0 Å². The molecule has 0 spiro atoms. The summed E-state index contributed by atoms with van der Waals surface area (Å²) < 4.78 is 5.40.